The van der Waals surface area contributed by atoms with Gasteiger partial charge >= 0.3 is 0 Å². The van der Waals surface area contributed by atoms with Gasteiger partial charge in [-0.3, -0.25) is 0 Å². The van der Waals surface area contributed by atoms with E-state index in [9.17, 15) is 0 Å². The first-order chi connectivity index (χ1) is 8.29. The number of anilines is 2. The number of nitrogens with one attached hydrogen (secondary N) is 2. The highest BCUT2D eigenvalue weighted by Crippen LogP contribution is 2.36. The Morgan fingerprint density at radius 3 is 2.82 bits per heavy atom. The molecule has 2 aliphatic heterocycles. The van der Waals surface area contributed by atoms with Crippen molar-refractivity contribution in [2.45, 2.75) is 19.8 Å². The van der Waals surface area contributed by atoms with Gasteiger partial charge in [-0.2, -0.15) is 0 Å². The molecule has 4 nitrogen and oxygen atoms in total. The largest absolute Gasteiger partial charge is 0.381 e. The van der Waals surface area contributed by atoms with E-state index >= 15 is 0 Å². The van der Waals surface area contributed by atoms with Crippen molar-refractivity contribution in [1.82, 2.24) is 4.98 Å². The van der Waals surface area contributed by atoms with E-state index in [0.29, 0.717) is 5.41 Å². The number of rotatable bonds is 0. The standard InChI is InChI=1S/C13H19N3O/c1-10-2-5-14-12-11(10)15-8-13(9-16-12)3-6-17-7-4-13/h2,5,15H,3-4,6-9H2,1H3,(H,14,16). The molecule has 0 aliphatic carbocycles. The maximum atomic E-state index is 5.47. The number of hydrogen-bond donors (Lipinski definition) is 2. The summed E-state index contributed by atoms with van der Waals surface area (Å²) in [4.78, 5) is 4.41. The fraction of sp³-hybridized carbons (Fsp3) is 0.615. The Kier molecular flexibility index (Phi) is 2.67. The molecule has 2 N–H and O–H groups in total. The Balaban J connectivity index is 1.85. The molecule has 3 heterocycles. The minimum absolute atomic E-state index is 0.325. The van der Waals surface area contributed by atoms with Crippen LogP contribution in [0.15, 0.2) is 12.3 Å². The molecule has 2 aliphatic rings. The van der Waals surface area contributed by atoms with E-state index in [0.717, 1.165) is 50.7 Å². The smallest absolute Gasteiger partial charge is 0.149 e. The van der Waals surface area contributed by atoms with Gasteiger partial charge in [0.1, 0.15) is 5.82 Å². The third kappa shape index (κ3) is 1.97. The van der Waals surface area contributed by atoms with Gasteiger partial charge in [0.05, 0.1) is 5.69 Å². The normalized spacial score (nSPS) is 22.2. The van der Waals surface area contributed by atoms with Crippen LogP contribution in [0, 0.1) is 12.3 Å². The van der Waals surface area contributed by atoms with Crippen molar-refractivity contribution < 1.29 is 4.74 Å². The number of hydrogen-bond acceptors (Lipinski definition) is 4. The quantitative estimate of drug-likeness (QED) is 0.719. The fourth-order valence-electron chi connectivity index (χ4n) is 2.68. The molecule has 1 saturated heterocycles. The van der Waals surface area contributed by atoms with E-state index in [-0.39, 0.29) is 0 Å². The highest BCUT2D eigenvalue weighted by Gasteiger charge is 2.34. The minimum atomic E-state index is 0.325. The van der Waals surface area contributed by atoms with Gasteiger partial charge in [0.15, 0.2) is 0 Å². The maximum absolute atomic E-state index is 5.47. The summed E-state index contributed by atoms with van der Waals surface area (Å²) in [7, 11) is 0. The zero-order chi connectivity index (χ0) is 11.7. The van der Waals surface area contributed by atoms with Crippen molar-refractivity contribution in [3.05, 3.63) is 17.8 Å². The average molecular weight is 233 g/mol. The Morgan fingerprint density at radius 2 is 2.00 bits per heavy atom. The molecule has 0 amide bonds. The Labute approximate surface area is 102 Å². The molecule has 1 fully saturated rings. The van der Waals surface area contributed by atoms with Gasteiger partial charge in [0.25, 0.3) is 0 Å². The van der Waals surface area contributed by atoms with Gasteiger partial charge in [-0.15, -0.1) is 0 Å². The summed E-state index contributed by atoms with van der Waals surface area (Å²) < 4.78 is 5.47. The molecule has 0 aromatic carbocycles. The van der Waals surface area contributed by atoms with E-state index in [1.807, 2.05) is 6.20 Å². The van der Waals surface area contributed by atoms with Crippen LogP contribution in [-0.2, 0) is 4.74 Å². The number of pyridine rings is 1. The van der Waals surface area contributed by atoms with Crippen molar-refractivity contribution in [1.29, 1.82) is 0 Å². The van der Waals surface area contributed by atoms with Crippen molar-refractivity contribution >= 4 is 11.5 Å². The van der Waals surface area contributed by atoms with Gasteiger partial charge in [0.2, 0.25) is 0 Å². The van der Waals surface area contributed by atoms with E-state index in [2.05, 4.69) is 28.6 Å². The van der Waals surface area contributed by atoms with Crippen LogP contribution in [0.25, 0.3) is 0 Å². The zero-order valence-corrected chi connectivity index (χ0v) is 10.3. The van der Waals surface area contributed by atoms with Gasteiger partial charge < -0.3 is 15.4 Å². The molecule has 0 unspecified atom stereocenters. The van der Waals surface area contributed by atoms with Gasteiger partial charge in [-0.25, -0.2) is 4.98 Å². The lowest BCUT2D eigenvalue weighted by molar-refractivity contribution is 0.0276. The van der Waals surface area contributed by atoms with Crippen molar-refractivity contribution in [3.8, 4) is 0 Å². The summed E-state index contributed by atoms with van der Waals surface area (Å²) in [6, 6.07) is 2.05. The van der Waals surface area contributed by atoms with Crippen LogP contribution in [0.1, 0.15) is 18.4 Å². The second kappa shape index (κ2) is 4.18. The minimum Gasteiger partial charge on any atom is -0.381 e. The first-order valence-corrected chi connectivity index (χ1v) is 6.30. The third-order valence-corrected chi connectivity index (χ3v) is 3.98. The summed E-state index contributed by atoms with van der Waals surface area (Å²) in [5, 5.41) is 7.07. The number of ether oxygens (including phenoxy) is 1. The van der Waals surface area contributed by atoms with Gasteiger partial charge in [0, 0.05) is 37.9 Å². The Morgan fingerprint density at radius 1 is 1.24 bits per heavy atom. The van der Waals surface area contributed by atoms with E-state index in [1.165, 1.54) is 5.56 Å². The maximum Gasteiger partial charge on any atom is 0.149 e. The van der Waals surface area contributed by atoms with Crippen LogP contribution < -0.4 is 10.6 Å². The van der Waals surface area contributed by atoms with Gasteiger partial charge in [-0.1, -0.05) is 0 Å². The Bertz CT molecular complexity index is 413. The molecule has 0 bridgehead atoms. The molecule has 1 aromatic rings. The molecule has 0 radical (unpaired) electrons. The molecule has 1 aromatic heterocycles. The summed E-state index contributed by atoms with van der Waals surface area (Å²) >= 11 is 0. The molecule has 1 spiro atoms. The second-order valence-electron chi connectivity index (χ2n) is 5.17. The van der Waals surface area contributed by atoms with Crippen LogP contribution in [0.2, 0.25) is 0 Å². The monoisotopic (exact) mass is 233 g/mol. The van der Waals surface area contributed by atoms with Crippen molar-refractivity contribution in [3.63, 3.8) is 0 Å². The molecule has 3 rings (SSSR count). The highest BCUT2D eigenvalue weighted by molar-refractivity contribution is 5.69. The molecular formula is C13H19N3O. The molecule has 0 atom stereocenters. The molecular weight excluding hydrogens is 214 g/mol. The first kappa shape index (κ1) is 10.8. The van der Waals surface area contributed by atoms with Crippen LogP contribution >= 0.6 is 0 Å². The zero-order valence-electron chi connectivity index (χ0n) is 10.3. The number of nitrogens with zero attached hydrogens (tertiary/aromatic N) is 1. The summed E-state index contributed by atoms with van der Waals surface area (Å²) in [6.07, 6.45) is 4.12. The predicted molar refractivity (Wildman–Crippen MR) is 68.4 cm³/mol. The SMILES string of the molecule is Cc1ccnc2c1NCC1(CCOCC1)CN2. The number of aryl methyl sites for hydroxylation is 1. The lowest BCUT2D eigenvalue weighted by atomic mass is 9.80. The summed E-state index contributed by atoms with van der Waals surface area (Å²) in [5.41, 5.74) is 2.74. The fourth-order valence-corrected chi connectivity index (χ4v) is 2.68. The van der Waals surface area contributed by atoms with E-state index < -0.39 is 0 Å². The average Bonchev–Trinajstić information content (AvgIpc) is 2.53. The van der Waals surface area contributed by atoms with E-state index in [1.54, 1.807) is 0 Å². The lowest BCUT2D eigenvalue weighted by Gasteiger charge is -2.36. The number of fused-ring (bicyclic) bond motifs is 1. The molecule has 0 saturated carbocycles. The van der Waals surface area contributed by atoms with Crippen LogP contribution in [0.3, 0.4) is 0 Å². The molecule has 17 heavy (non-hydrogen) atoms. The Hall–Kier alpha value is -1.29. The molecule has 4 heteroatoms. The third-order valence-electron chi connectivity index (χ3n) is 3.98. The summed E-state index contributed by atoms with van der Waals surface area (Å²) in [5.74, 6) is 0.994. The number of aromatic nitrogens is 1. The van der Waals surface area contributed by atoms with Crippen molar-refractivity contribution in [2.24, 2.45) is 5.41 Å². The highest BCUT2D eigenvalue weighted by atomic mass is 16.5. The first-order valence-electron chi connectivity index (χ1n) is 6.30. The van der Waals surface area contributed by atoms with Crippen LogP contribution in [-0.4, -0.2) is 31.3 Å². The van der Waals surface area contributed by atoms with Gasteiger partial charge in [-0.05, 0) is 31.4 Å². The van der Waals surface area contributed by atoms with Crippen molar-refractivity contribution in [2.75, 3.05) is 36.9 Å². The lowest BCUT2D eigenvalue weighted by Crippen LogP contribution is -2.40. The van der Waals surface area contributed by atoms with Crippen LogP contribution in [0.5, 0.6) is 0 Å². The summed E-state index contributed by atoms with van der Waals surface area (Å²) in [6.45, 7) is 5.89. The van der Waals surface area contributed by atoms with E-state index in [4.69, 9.17) is 4.74 Å². The predicted octanol–water partition coefficient (Wildman–Crippen LogP) is 2.02. The molecule has 92 valence electrons. The topological polar surface area (TPSA) is 46.2 Å². The second-order valence-corrected chi connectivity index (χ2v) is 5.17. The van der Waals surface area contributed by atoms with Crippen LogP contribution in [0.4, 0.5) is 11.5 Å².